The van der Waals surface area contributed by atoms with Crippen LogP contribution in [0.3, 0.4) is 0 Å². The quantitative estimate of drug-likeness (QED) is 0.193. The third kappa shape index (κ3) is 4.01. The lowest BCUT2D eigenvalue weighted by Crippen LogP contribution is -2.69. The van der Waals surface area contributed by atoms with Gasteiger partial charge in [-0.25, -0.2) is 4.89 Å². The Labute approximate surface area is 179 Å². The zero-order valence-corrected chi connectivity index (χ0v) is 18.4. The first kappa shape index (κ1) is 20.3. The summed E-state index contributed by atoms with van der Waals surface area (Å²) in [5, 5.41) is 3.43. The van der Waals surface area contributed by atoms with Gasteiger partial charge in [0, 0.05) is 0 Å². The van der Waals surface area contributed by atoms with Gasteiger partial charge in [0.15, 0.2) is 0 Å². The Morgan fingerprint density at radius 3 is 1.20 bits per heavy atom. The SMILES string of the molecule is CC(C)(OO[Si](c1ccccc1)(c1ccccc1)c1ccccc1)c1ccccc1. The first-order valence-electron chi connectivity index (χ1n) is 10.2. The average Bonchev–Trinajstić information content (AvgIpc) is 2.82. The van der Waals surface area contributed by atoms with Crippen molar-refractivity contribution in [2.75, 3.05) is 0 Å². The summed E-state index contributed by atoms with van der Waals surface area (Å²) in [6.07, 6.45) is 0. The summed E-state index contributed by atoms with van der Waals surface area (Å²) in [6.45, 7) is 4.09. The van der Waals surface area contributed by atoms with E-state index < -0.39 is 13.9 Å². The molecule has 150 valence electrons. The zero-order chi connectivity index (χ0) is 20.9. The molecule has 0 atom stereocenters. The van der Waals surface area contributed by atoms with E-state index >= 15 is 0 Å². The Morgan fingerprint density at radius 1 is 0.500 bits per heavy atom. The predicted octanol–water partition coefficient (Wildman–Crippen LogP) is 4.54. The van der Waals surface area contributed by atoms with E-state index in [1.54, 1.807) is 0 Å². The van der Waals surface area contributed by atoms with Gasteiger partial charge >= 0.3 is 8.32 Å². The lowest BCUT2D eigenvalue weighted by atomic mass is 9.99. The molecule has 0 N–H and O–H groups in total. The van der Waals surface area contributed by atoms with Crippen molar-refractivity contribution in [1.82, 2.24) is 0 Å². The maximum absolute atomic E-state index is 6.65. The van der Waals surface area contributed by atoms with Gasteiger partial charge in [-0.05, 0) is 35.0 Å². The molecule has 3 heteroatoms. The van der Waals surface area contributed by atoms with E-state index in [9.17, 15) is 0 Å². The van der Waals surface area contributed by atoms with Crippen molar-refractivity contribution < 1.29 is 9.46 Å². The maximum atomic E-state index is 6.65. The Morgan fingerprint density at radius 2 is 0.833 bits per heavy atom. The van der Waals surface area contributed by atoms with E-state index in [4.69, 9.17) is 9.46 Å². The fourth-order valence-electron chi connectivity index (χ4n) is 3.72. The maximum Gasteiger partial charge on any atom is 0.331 e. The van der Waals surface area contributed by atoms with Crippen molar-refractivity contribution in [3.05, 3.63) is 127 Å². The lowest BCUT2D eigenvalue weighted by molar-refractivity contribution is -0.293. The van der Waals surface area contributed by atoms with E-state index in [0.29, 0.717) is 0 Å². The number of benzene rings is 4. The topological polar surface area (TPSA) is 18.5 Å². The van der Waals surface area contributed by atoms with Crippen LogP contribution < -0.4 is 15.6 Å². The predicted molar refractivity (Wildman–Crippen MR) is 126 cm³/mol. The van der Waals surface area contributed by atoms with Crippen molar-refractivity contribution in [2.24, 2.45) is 0 Å². The van der Waals surface area contributed by atoms with Crippen molar-refractivity contribution in [3.63, 3.8) is 0 Å². The second-order valence-electron chi connectivity index (χ2n) is 7.82. The first-order chi connectivity index (χ1) is 14.6. The highest BCUT2D eigenvalue weighted by atomic mass is 28.4. The van der Waals surface area contributed by atoms with E-state index in [1.165, 1.54) is 0 Å². The molecule has 0 saturated heterocycles. The standard InChI is InChI=1S/C27H26O2Si/c1-27(2,23-15-7-3-8-16-23)28-29-30(24-17-9-4-10-18-24,25-19-11-5-12-20-25)26-21-13-6-14-22-26/h3-22H,1-2H3. The summed E-state index contributed by atoms with van der Waals surface area (Å²) in [6, 6.07) is 41.6. The third-order valence-corrected chi connectivity index (χ3v) is 9.16. The van der Waals surface area contributed by atoms with Gasteiger partial charge in [0.2, 0.25) is 0 Å². The molecule has 0 aliphatic carbocycles. The molecule has 0 amide bonds. The fraction of sp³-hybridized carbons (Fsp3) is 0.111. The number of rotatable bonds is 7. The smallest absolute Gasteiger partial charge is 0.268 e. The molecule has 0 spiro atoms. The molecular formula is C27H26O2Si. The van der Waals surface area contributed by atoms with Crippen LogP contribution in [0.2, 0.25) is 0 Å². The zero-order valence-electron chi connectivity index (χ0n) is 17.4. The van der Waals surface area contributed by atoms with Gasteiger partial charge in [0.25, 0.3) is 0 Å². The van der Waals surface area contributed by atoms with Crippen LogP contribution in [0.15, 0.2) is 121 Å². The molecule has 0 aromatic heterocycles. The van der Waals surface area contributed by atoms with Crippen LogP contribution >= 0.6 is 0 Å². The molecule has 0 saturated carbocycles. The molecule has 0 bridgehead atoms. The second kappa shape index (κ2) is 8.80. The molecule has 0 aliphatic heterocycles. The highest BCUT2D eigenvalue weighted by Crippen LogP contribution is 2.26. The minimum atomic E-state index is -2.89. The Hall–Kier alpha value is -2.98. The summed E-state index contributed by atoms with van der Waals surface area (Å²) in [5.41, 5.74) is 0.472. The van der Waals surface area contributed by atoms with Crippen LogP contribution in [0.4, 0.5) is 0 Å². The molecule has 4 aromatic carbocycles. The lowest BCUT2D eigenvalue weighted by Gasteiger charge is -2.35. The monoisotopic (exact) mass is 410 g/mol. The summed E-state index contributed by atoms with van der Waals surface area (Å²) < 4.78 is 6.65. The van der Waals surface area contributed by atoms with Crippen molar-refractivity contribution in [1.29, 1.82) is 0 Å². The molecule has 0 aliphatic rings. The van der Waals surface area contributed by atoms with Crippen LogP contribution in [0.25, 0.3) is 0 Å². The van der Waals surface area contributed by atoms with Gasteiger partial charge in [-0.15, -0.1) is 0 Å². The fourth-order valence-corrected chi connectivity index (χ4v) is 7.32. The van der Waals surface area contributed by atoms with Crippen LogP contribution in [0.5, 0.6) is 0 Å². The van der Waals surface area contributed by atoms with E-state index in [1.807, 2.05) is 50.2 Å². The molecular weight excluding hydrogens is 384 g/mol. The normalized spacial score (nSPS) is 11.9. The number of hydrogen-bond acceptors (Lipinski definition) is 2. The second-order valence-corrected chi connectivity index (χ2v) is 11.1. The van der Waals surface area contributed by atoms with Crippen molar-refractivity contribution in [3.8, 4) is 0 Å². The van der Waals surface area contributed by atoms with Gasteiger partial charge < -0.3 is 0 Å². The summed E-state index contributed by atoms with van der Waals surface area (Å²) in [4.78, 5) is 6.31. The highest BCUT2D eigenvalue weighted by molar-refractivity contribution is 7.07. The Kier molecular flexibility index (Phi) is 5.95. The Bertz CT molecular complexity index is 952. The molecule has 0 radical (unpaired) electrons. The largest absolute Gasteiger partial charge is 0.331 e. The number of hydrogen-bond donors (Lipinski definition) is 0. The molecule has 4 aromatic rings. The van der Waals surface area contributed by atoms with Gasteiger partial charge in [0.05, 0.1) is 0 Å². The van der Waals surface area contributed by atoms with Crippen molar-refractivity contribution >= 4 is 23.9 Å². The summed E-state index contributed by atoms with van der Waals surface area (Å²) >= 11 is 0. The first-order valence-corrected chi connectivity index (χ1v) is 12.1. The van der Waals surface area contributed by atoms with Gasteiger partial charge in [0.1, 0.15) is 5.60 Å². The Balaban J connectivity index is 1.85. The molecule has 30 heavy (non-hydrogen) atoms. The van der Waals surface area contributed by atoms with E-state index in [0.717, 1.165) is 21.1 Å². The minimum Gasteiger partial charge on any atom is -0.268 e. The molecule has 0 heterocycles. The minimum absolute atomic E-state index is 0.599. The molecule has 2 nitrogen and oxygen atoms in total. The summed E-state index contributed by atoms with van der Waals surface area (Å²) in [7, 11) is -2.89. The summed E-state index contributed by atoms with van der Waals surface area (Å²) in [5.74, 6) is 0. The van der Waals surface area contributed by atoms with Gasteiger partial charge in [-0.3, -0.25) is 4.58 Å². The van der Waals surface area contributed by atoms with Crippen LogP contribution in [-0.2, 0) is 15.1 Å². The highest BCUT2D eigenvalue weighted by Gasteiger charge is 2.45. The molecule has 0 fully saturated rings. The average molecular weight is 411 g/mol. The van der Waals surface area contributed by atoms with E-state index in [2.05, 4.69) is 84.9 Å². The van der Waals surface area contributed by atoms with Gasteiger partial charge in [-0.1, -0.05) is 121 Å². The van der Waals surface area contributed by atoms with Crippen LogP contribution in [0, 0.1) is 0 Å². The van der Waals surface area contributed by atoms with Crippen LogP contribution in [-0.4, -0.2) is 8.32 Å². The van der Waals surface area contributed by atoms with Crippen LogP contribution in [0.1, 0.15) is 19.4 Å². The van der Waals surface area contributed by atoms with Gasteiger partial charge in [-0.2, -0.15) is 0 Å². The molecule has 0 unspecified atom stereocenters. The van der Waals surface area contributed by atoms with E-state index in [-0.39, 0.29) is 0 Å². The third-order valence-electron chi connectivity index (χ3n) is 5.38. The van der Waals surface area contributed by atoms with Crippen molar-refractivity contribution in [2.45, 2.75) is 19.4 Å². The molecule has 4 rings (SSSR count).